The minimum atomic E-state index is -0.834. The lowest BCUT2D eigenvalue weighted by molar-refractivity contribution is 0.0380. The van der Waals surface area contributed by atoms with Gasteiger partial charge in [0, 0.05) is 57.6 Å². The van der Waals surface area contributed by atoms with Crippen molar-refractivity contribution in [2.75, 3.05) is 13.2 Å². The number of esters is 1. The molecule has 0 spiro atoms. The van der Waals surface area contributed by atoms with Gasteiger partial charge in [0.05, 0.1) is 28.4 Å². The molecule has 0 saturated carbocycles. The molecular formula is C38H35ClF2N4O4S. The molecule has 0 bridgehead atoms. The second-order valence-electron chi connectivity index (χ2n) is 13.1. The van der Waals surface area contributed by atoms with Gasteiger partial charge in [-0.1, -0.05) is 11.6 Å². The van der Waals surface area contributed by atoms with Crippen LogP contribution in [-0.4, -0.2) is 57.8 Å². The van der Waals surface area contributed by atoms with E-state index in [1.54, 1.807) is 25.3 Å². The summed E-state index contributed by atoms with van der Waals surface area (Å²) in [4.78, 5) is 39.0. The van der Waals surface area contributed by atoms with Gasteiger partial charge in [-0.2, -0.15) is 0 Å². The number of fused-ring (bicyclic) bond motifs is 2. The Bertz CT molecular complexity index is 2120. The first-order valence-electron chi connectivity index (χ1n) is 16.5. The van der Waals surface area contributed by atoms with Crippen molar-refractivity contribution in [1.82, 2.24) is 14.8 Å². The van der Waals surface area contributed by atoms with Gasteiger partial charge < -0.3 is 14.4 Å². The zero-order valence-corrected chi connectivity index (χ0v) is 29.7. The van der Waals surface area contributed by atoms with E-state index >= 15 is 0 Å². The van der Waals surface area contributed by atoms with Gasteiger partial charge in [0.1, 0.15) is 23.9 Å². The zero-order chi connectivity index (χ0) is 35.3. The Hall–Kier alpha value is -4.41. The first-order valence-corrected chi connectivity index (χ1v) is 17.8. The fraction of sp³-hybridized carbons (Fsp3) is 0.342. The Kier molecular flexibility index (Phi) is 9.34. The second-order valence-corrected chi connectivity index (χ2v) is 14.4. The van der Waals surface area contributed by atoms with E-state index in [-0.39, 0.29) is 18.8 Å². The highest BCUT2D eigenvalue weighted by atomic mass is 35.5. The fourth-order valence-electron chi connectivity index (χ4n) is 7.07. The number of thiophene rings is 1. The van der Waals surface area contributed by atoms with Crippen molar-refractivity contribution in [3.05, 3.63) is 97.8 Å². The zero-order valence-electron chi connectivity index (χ0n) is 28.1. The number of amidine groups is 1. The number of carbonyl (C=O) groups excluding carboxylic acids is 2. The molecule has 2 aromatic heterocycles. The average Bonchev–Trinajstić information content (AvgIpc) is 3.69. The Labute approximate surface area is 297 Å². The highest BCUT2D eigenvalue weighted by molar-refractivity contribution is 7.18. The number of allylic oxidation sites excluding steroid dienone is 2. The molecule has 3 aliphatic rings. The molecule has 1 aliphatic carbocycles. The van der Waals surface area contributed by atoms with Crippen molar-refractivity contribution in [2.24, 2.45) is 4.99 Å². The third kappa shape index (κ3) is 6.47. The van der Waals surface area contributed by atoms with E-state index in [2.05, 4.69) is 15.8 Å². The predicted octanol–water partition coefficient (Wildman–Crippen LogP) is 8.42. The number of benzene rings is 2. The topological polar surface area (TPSA) is 84.3 Å². The monoisotopic (exact) mass is 716 g/mol. The standard InChI is InChI=1S/C38H35ClF2N4O4S/c1-20(2)49-38(47)30-19-50-37-28(11-21(3)42-36(30)37)27-14-25(39)5-8-35(27)48-10-9-45-22(4)43-33-7-6-26(15-29(33)34(45)18-46)44-16-23-12-31(40)32(41)13-24(23)17-44/h5,8,11-14,19-20,26H,6-7,9-10,15-17H2,1-4H3. The molecule has 1 unspecified atom stereocenters. The van der Waals surface area contributed by atoms with Crippen LogP contribution in [0.4, 0.5) is 8.78 Å². The summed E-state index contributed by atoms with van der Waals surface area (Å²) < 4.78 is 40.5. The predicted molar refractivity (Wildman–Crippen MR) is 190 cm³/mol. The Morgan fingerprint density at radius 3 is 2.54 bits per heavy atom. The van der Waals surface area contributed by atoms with Crippen LogP contribution in [0.15, 0.2) is 63.7 Å². The lowest BCUT2D eigenvalue weighted by Gasteiger charge is -2.38. The minimum Gasteiger partial charge on any atom is -0.491 e. The van der Waals surface area contributed by atoms with E-state index < -0.39 is 17.6 Å². The van der Waals surface area contributed by atoms with Crippen molar-refractivity contribution in [3.63, 3.8) is 0 Å². The first kappa shape index (κ1) is 34.1. The number of aryl methyl sites for hydroxylation is 1. The van der Waals surface area contributed by atoms with Gasteiger partial charge in [0.25, 0.3) is 0 Å². The lowest BCUT2D eigenvalue weighted by atomic mass is 9.88. The normalized spacial score (nSPS) is 17.6. The molecule has 7 rings (SSSR count). The molecule has 4 aromatic rings. The number of pyridine rings is 1. The molecule has 258 valence electrons. The first-order chi connectivity index (χ1) is 24.0. The van der Waals surface area contributed by atoms with Gasteiger partial charge in [0.2, 0.25) is 0 Å². The van der Waals surface area contributed by atoms with Crippen LogP contribution in [-0.2, 0) is 22.6 Å². The van der Waals surface area contributed by atoms with Crippen LogP contribution in [0.25, 0.3) is 21.3 Å². The van der Waals surface area contributed by atoms with Crippen molar-refractivity contribution in [1.29, 1.82) is 0 Å². The van der Waals surface area contributed by atoms with Crippen LogP contribution in [0.1, 0.15) is 67.2 Å². The van der Waals surface area contributed by atoms with Crippen LogP contribution in [0.5, 0.6) is 5.75 Å². The largest absolute Gasteiger partial charge is 0.491 e. The van der Waals surface area contributed by atoms with Gasteiger partial charge in [-0.25, -0.2) is 23.4 Å². The van der Waals surface area contributed by atoms with Crippen LogP contribution < -0.4 is 4.74 Å². The highest BCUT2D eigenvalue weighted by Crippen LogP contribution is 2.42. The van der Waals surface area contributed by atoms with E-state index in [0.29, 0.717) is 65.9 Å². The number of hydrogen-bond donors (Lipinski definition) is 0. The minimum absolute atomic E-state index is 0.0876. The fourth-order valence-corrected chi connectivity index (χ4v) is 8.25. The molecule has 0 radical (unpaired) electrons. The summed E-state index contributed by atoms with van der Waals surface area (Å²) in [6.45, 7) is 8.98. The summed E-state index contributed by atoms with van der Waals surface area (Å²) >= 11 is 7.90. The third-order valence-corrected chi connectivity index (χ3v) is 10.6. The van der Waals surface area contributed by atoms with E-state index in [1.807, 2.05) is 36.9 Å². The van der Waals surface area contributed by atoms with E-state index in [1.165, 1.54) is 23.5 Å². The molecule has 1 atom stereocenters. The SMILES string of the molecule is CC1=NC2=C(CC(N3Cc4cc(F)c(F)cc4C3)CC2)C(=C=O)N1CCOc1ccc(Cl)cc1-c1cc(C)nc2c(C(=O)OC(C)C)csc12. The molecule has 2 aliphatic heterocycles. The smallest absolute Gasteiger partial charge is 0.341 e. The molecular weight excluding hydrogens is 682 g/mol. The highest BCUT2D eigenvalue weighted by Gasteiger charge is 2.35. The summed E-state index contributed by atoms with van der Waals surface area (Å²) in [7, 11) is 0. The molecule has 0 saturated heterocycles. The Morgan fingerprint density at radius 2 is 1.84 bits per heavy atom. The summed E-state index contributed by atoms with van der Waals surface area (Å²) in [5, 5.41) is 2.29. The van der Waals surface area contributed by atoms with Crippen LogP contribution in [0.3, 0.4) is 0 Å². The van der Waals surface area contributed by atoms with Gasteiger partial charge in [-0.3, -0.25) is 9.88 Å². The molecule has 12 heteroatoms. The molecule has 8 nitrogen and oxygen atoms in total. The molecule has 0 fully saturated rings. The summed E-state index contributed by atoms with van der Waals surface area (Å²) in [5.41, 5.74) is 7.05. The molecule has 0 N–H and O–H groups in total. The number of ether oxygens (including phenoxy) is 2. The maximum atomic E-state index is 13.9. The maximum Gasteiger partial charge on any atom is 0.341 e. The average molecular weight is 717 g/mol. The number of nitrogens with zero attached hydrogens (tertiary/aromatic N) is 4. The van der Waals surface area contributed by atoms with Crippen molar-refractivity contribution in [2.45, 2.75) is 72.2 Å². The third-order valence-electron chi connectivity index (χ3n) is 9.37. The molecule has 2 aromatic carbocycles. The summed E-state index contributed by atoms with van der Waals surface area (Å²) in [5.74, 6) is 1.37. The number of aromatic nitrogens is 1. The van der Waals surface area contributed by atoms with Crippen molar-refractivity contribution < 1.29 is 27.8 Å². The van der Waals surface area contributed by atoms with Crippen molar-refractivity contribution >= 4 is 50.9 Å². The molecule has 0 amide bonds. The number of rotatable bonds is 8. The number of halogens is 3. The number of aliphatic imine (C=N–C) groups is 1. The van der Waals surface area contributed by atoms with E-state index in [0.717, 1.165) is 50.3 Å². The maximum absolute atomic E-state index is 13.9. The van der Waals surface area contributed by atoms with Gasteiger partial charge in [0.15, 0.2) is 17.6 Å². The van der Waals surface area contributed by atoms with Crippen LogP contribution >= 0.6 is 22.9 Å². The van der Waals surface area contributed by atoms with Crippen LogP contribution in [0, 0.1) is 18.6 Å². The summed E-state index contributed by atoms with van der Waals surface area (Å²) in [6, 6.07) is 10.0. The van der Waals surface area contributed by atoms with E-state index in [4.69, 9.17) is 26.1 Å². The second kappa shape index (κ2) is 13.7. The lowest BCUT2D eigenvalue weighted by Crippen LogP contribution is -2.40. The number of hydrogen-bond acceptors (Lipinski definition) is 9. The molecule has 50 heavy (non-hydrogen) atoms. The molecule has 4 heterocycles. The Balaban J connectivity index is 1.09. The van der Waals surface area contributed by atoms with Gasteiger partial charge >= 0.3 is 5.97 Å². The van der Waals surface area contributed by atoms with Crippen molar-refractivity contribution in [3.8, 4) is 16.9 Å². The van der Waals surface area contributed by atoms with Gasteiger partial charge in [-0.05, 0) is 94.5 Å². The quantitative estimate of drug-likeness (QED) is 0.134. The van der Waals surface area contributed by atoms with Gasteiger partial charge in [-0.15, -0.1) is 11.3 Å². The Morgan fingerprint density at radius 1 is 1.10 bits per heavy atom. The van der Waals surface area contributed by atoms with Crippen LogP contribution in [0.2, 0.25) is 5.02 Å². The van der Waals surface area contributed by atoms with E-state index in [9.17, 15) is 18.4 Å². The summed E-state index contributed by atoms with van der Waals surface area (Å²) in [6.07, 6.45) is 1.84. The number of carbonyl (C=O) groups is 1.